The molecule has 1 aromatic heterocycles. The fourth-order valence-corrected chi connectivity index (χ4v) is 3.47. The van der Waals surface area contributed by atoms with Crippen molar-refractivity contribution in [1.82, 2.24) is 4.98 Å². The maximum Gasteiger partial charge on any atom is 0.278 e. The highest BCUT2D eigenvalue weighted by Crippen LogP contribution is 2.31. The van der Waals surface area contributed by atoms with Crippen LogP contribution in [0.1, 0.15) is 16.7 Å². The van der Waals surface area contributed by atoms with Crippen LogP contribution in [0.25, 0.3) is 10.9 Å². The van der Waals surface area contributed by atoms with Crippen LogP contribution in [-0.4, -0.2) is 29.4 Å². The molecular formula is C21H22N4O3. The van der Waals surface area contributed by atoms with Gasteiger partial charge in [-0.05, 0) is 50.1 Å². The molecule has 3 rings (SSSR count). The van der Waals surface area contributed by atoms with Gasteiger partial charge in [0.15, 0.2) is 0 Å². The first-order chi connectivity index (χ1) is 13.3. The zero-order valence-corrected chi connectivity index (χ0v) is 16.3. The highest BCUT2D eigenvalue weighted by atomic mass is 16.6. The molecule has 7 nitrogen and oxygen atoms in total. The summed E-state index contributed by atoms with van der Waals surface area (Å²) < 4.78 is 0. The minimum atomic E-state index is -0.427. The number of aryl methyl sites for hydroxylation is 3. The molecule has 0 saturated heterocycles. The molecule has 2 aromatic carbocycles. The number of carbonyl (C=O) groups is 1. The van der Waals surface area contributed by atoms with Crippen LogP contribution in [-0.2, 0) is 4.79 Å². The van der Waals surface area contributed by atoms with Crippen molar-refractivity contribution in [2.75, 3.05) is 23.8 Å². The lowest BCUT2D eigenvalue weighted by Gasteiger charge is -2.21. The van der Waals surface area contributed by atoms with Gasteiger partial charge < -0.3 is 10.2 Å². The maximum atomic E-state index is 12.6. The molecule has 0 aliphatic carbocycles. The summed E-state index contributed by atoms with van der Waals surface area (Å²) in [6.07, 6.45) is 1.59. The van der Waals surface area contributed by atoms with Crippen molar-refractivity contribution in [2.45, 2.75) is 20.8 Å². The second-order valence-corrected chi connectivity index (χ2v) is 6.94. The minimum absolute atomic E-state index is 0.00407. The van der Waals surface area contributed by atoms with Crippen LogP contribution >= 0.6 is 0 Å². The Morgan fingerprint density at radius 2 is 1.86 bits per heavy atom. The summed E-state index contributed by atoms with van der Waals surface area (Å²) in [5.74, 6) is -0.167. The number of amides is 1. The lowest BCUT2D eigenvalue weighted by Crippen LogP contribution is -2.30. The summed E-state index contributed by atoms with van der Waals surface area (Å²) in [6, 6.07) is 10.5. The third-order valence-corrected chi connectivity index (χ3v) is 4.66. The smallest absolute Gasteiger partial charge is 0.278 e. The highest BCUT2D eigenvalue weighted by molar-refractivity contribution is 6.00. The van der Waals surface area contributed by atoms with Gasteiger partial charge in [0, 0.05) is 25.0 Å². The summed E-state index contributed by atoms with van der Waals surface area (Å²) in [7, 11) is 1.77. The van der Waals surface area contributed by atoms with Crippen LogP contribution in [0.2, 0.25) is 0 Å². The van der Waals surface area contributed by atoms with E-state index < -0.39 is 4.92 Å². The number of anilines is 2. The third kappa shape index (κ3) is 3.78. The predicted octanol–water partition coefficient (Wildman–Crippen LogP) is 4.14. The van der Waals surface area contributed by atoms with Crippen molar-refractivity contribution in [1.29, 1.82) is 0 Å². The first kappa shape index (κ1) is 19.3. The molecule has 1 amide bonds. The van der Waals surface area contributed by atoms with Crippen LogP contribution in [0.15, 0.2) is 42.6 Å². The van der Waals surface area contributed by atoms with Gasteiger partial charge >= 0.3 is 0 Å². The van der Waals surface area contributed by atoms with Crippen LogP contribution < -0.4 is 10.2 Å². The SMILES string of the molecule is Cc1cc(C)c(NC(=O)CN(C)c2ccc([N+](=O)[O-])c3cccnc23)c(C)c1. The summed E-state index contributed by atoms with van der Waals surface area (Å²) >= 11 is 0. The largest absolute Gasteiger partial charge is 0.364 e. The number of nitro benzene ring substituents is 1. The monoisotopic (exact) mass is 378 g/mol. The second-order valence-electron chi connectivity index (χ2n) is 6.94. The van der Waals surface area contributed by atoms with E-state index in [-0.39, 0.29) is 18.1 Å². The molecule has 28 heavy (non-hydrogen) atoms. The number of nitro groups is 1. The summed E-state index contributed by atoms with van der Waals surface area (Å²) in [5.41, 5.74) is 5.13. The average Bonchev–Trinajstić information content (AvgIpc) is 2.63. The van der Waals surface area contributed by atoms with E-state index in [0.29, 0.717) is 16.6 Å². The highest BCUT2D eigenvalue weighted by Gasteiger charge is 2.18. The van der Waals surface area contributed by atoms with Gasteiger partial charge in [0.1, 0.15) is 5.52 Å². The summed E-state index contributed by atoms with van der Waals surface area (Å²) in [6.45, 7) is 6.04. The number of carbonyl (C=O) groups excluding carboxylic acids is 1. The number of hydrogen-bond donors (Lipinski definition) is 1. The van der Waals surface area contributed by atoms with Gasteiger partial charge in [-0.25, -0.2) is 0 Å². The molecule has 0 bridgehead atoms. The predicted molar refractivity (Wildman–Crippen MR) is 111 cm³/mol. The van der Waals surface area contributed by atoms with E-state index in [0.717, 1.165) is 22.4 Å². The van der Waals surface area contributed by atoms with Crippen molar-refractivity contribution in [3.63, 3.8) is 0 Å². The quantitative estimate of drug-likeness (QED) is 0.532. The molecule has 0 aliphatic rings. The second kappa shape index (κ2) is 7.64. The topological polar surface area (TPSA) is 88.4 Å². The lowest BCUT2D eigenvalue weighted by atomic mass is 10.1. The Bertz CT molecular complexity index is 1060. The Labute approximate surface area is 163 Å². The van der Waals surface area contributed by atoms with E-state index in [1.807, 2.05) is 32.9 Å². The van der Waals surface area contributed by atoms with E-state index in [9.17, 15) is 14.9 Å². The number of rotatable bonds is 5. The van der Waals surface area contributed by atoms with Gasteiger partial charge in [0.05, 0.1) is 22.5 Å². The zero-order chi connectivity index (χ0) is 20.4. The fourth-order valence-electron chi connectivity index (χ4n) is 3.47. The molecule has 3 aromatic rings. The molecule has 0 saturated carbocycles. The lowest BCUT2D eigenvalue weighted by molar-refractivity contribution is -0.383. The average molecular weight is 378 g/mol. The molecule has 0 fully saturated rings. The van der Waals surface area contributed by atoms with Crippen LogP contribution in [0.4, 0.5) is 17.1 Å². The van der Waals surface area contributed by atoms with E-state index >= 15 is 0 Å². The number of pyridine rings is 1. The molecule has 0 spiro atoms. The number of benzene rings is 2. The van der Waals surface area contributed by atoms with Crippen molar-refractivity contribution < 1.29 is 9.72 Å². The van der Waals surface area contributed by atoms with Crippen LogP contribution in [0, 0.1) is 30.9 Å². The maximum absolute atomic E-state index is 12.6. The Morgan fingerprint density at radius 1 is 1.18 bits per heavy atom. The van der Waals surface area contributed by atoms with Crippen molar-refractivity contribution in [2.24, 2.45) is 0 Å². The number of likely N-dealkylation sites (N-methyl/N-ethyl adjacent to an activating group) is 1. The van der Waals surface area contributed by atoms with Gasteiger partial charge in [0.25, 0.3) is 5.69 Å². The molecule has 7 heteroatoms. The van der Waals surface area contributed by atoms with Crippen LogP contribution in [0.5, 0.6) is 0 Å². The normalized spacial score (nSPS) is 10.7. The Morgan fingerprint density at radius 3 is 2.50 bits per heavy atom. The van der Waals surface area contributed by atoms with Gasteiger partial charge in [-0.15, -0.1) is 0 Å². The fraction of sp³-hybridized carbons (Fsp3) is 0.238. The molecule has 0 atom stereocenters. The van der Waals surface area contributed by atoms with E-state index in [1.54, 1.807) is 36.3 Å². The first-order valence-electron chi connectivity index (χ1n) is 8.89. The van der Waals surface area contributed by atoms with Gasteiger partial charge in [0.2, 0.25) is 5.91 Å². The number of fused-ring (bicyclic) bond motifs is 1. The molecular weight excluding hydrogens is 356 g/mol. The number of non-ortho nitro benzene ring substituents is 1. The Kier molecular flexibility index (Phi) is 5.26. The van der Waals surface area contributed by atoms with Gasteiger partial charge in [-0.1, -0.05) is 17.7 Å². The number of nitrogens with zero attached hydrogens (tertiary/aromatic N) is 3. The standard InChI is InChI=1S/C21H22N4O3/c1-13-10-14(2)20(15(3)11-13)23-19(26)12-24(4)18-8-7-17(25(27)28)16-6-5-9-22-21(16)18/h5-11H,12H2,1-4H3,(H,23,26). The van der Waals surface area contributed by atoms with Crippen molar-refractivity contribution in [3.8, 4) is 0 Å². The van der Waals surface area contributed by atoms with Gasteiger partial charge in [-0.2, -0.15) is 0 Å². The van der Waals surface area contributed by atoms with Crippen LogP contribution in [0.3, 0.4) is 0 Å². The van der Waals surface area contributed by atoms with Gasteiger partial charge in [-0.3, -0.25) is 19.9 Å². The summed E-state index contributed by atoms with van der Waals surface area (Å²) in [4.78, 5) is 29.5. The minimum Gasteiger partial charge on any atom is -0.364 e. The van der Waals surface area contributed by atoms with E-state index in [4.69, 9.17) is 0 Å². The molecule has 1 heterocycles. The Balaban J connectivity index is 1.86. The molecule has 1 N–H and O–H groups in total. The molecule has 0 aliphatic heterocycles. The first-order valence-corrected chi connectivity index (χ1v) is 8.89. The summed E-state index contributed by atoms with van der Waals surface area (Å²) in [5, 5.41) is 14.7. The van der Waals surface area contributed by atoms with Crippen molar-refractivity contribution >= 4 is 33.9 Å². The molecule has 0 radical (unpaired) electrons. The molecule has 144 valence electrons. The number of nitrogens with one attached hydrogen (secondary N) is 1. The number of aromatic nitrogens is 1. The van der Waals surface area contributed by atoms with E-state index in [2.05, 4.69) is 10.3 Å². The number of hydrogen-bond acceptors (Lipinski definition) is 5. The Hall–Kier alpha value is -3.48. The third-order valence-electron chi connectivity index (χ3n) is 4.66. The molecule has 0 unspecified atom stereocenters. The van der Waals surface area contributed by atoms with E-state index in [1.165, 1.54) is 6.07 Å². The van der Waals surface area contributed by atoms with Crippen molar-refractivity contribution in [3.05, 3.63) is 69.4 Å². The zero-order valence-electron chi connectivity index (χ0n) is 16.3.